The quantitative estimate of drug-likeness (QED) is 0.902. The molecule has 0 atom stereocenters. The normalized spacial score (nSPS) is 10.7. The average Bonchev–Trinajstić information content (AvgIpc) is 2.39. The summed E-state index contributed by atoms with van der Waals surface area (Å²) in [5.74, 6) is 1.82. The van der Waals surface area contributed by atoms with Gasteiger partial charge >= 0.3 is 0 Å². The molecule has 2 heteroatoms. The summed E-state index contributed by atoms with van der Waals surface area (Å²) < 4.78 is 6.05. The summed E-state index contributed by atoms with van der Waals surface area (Å²) in [5, 5.41) is 0. The van der Waals surface area contributed by atoms with E-state index in [9.17, 15) is 0 Å². The zero-order valence-corrected chi connectivity index (χ0v) is 12.8. The van der Waals surface area contributed by atoms with Crippen LogP contribution in [0.1, 0.15) is 27.8 Å². The van der Waals surface area contributed by atoms with E-state index in [-0.39, 0.29) is 0 Å². The maximum atomic E-state index is 6.05. The average molecular weight is 269 g/mol. The minimum Gasteiger partial charge on any atom is -0.457 e. The highest BCUT2D eigenvalue weighted by atomic mass is 16.5. The van der Waals surface area contributed by atoms with Gasteiger partial charge in [0.2, 0.25) is 0 Å². The maximum Gasteiger partial charge on any atom is 0.130 e. The Morgan fingerprint density at radius 2 is 1.70 bits per heavy atom. The number of ether oxygens (including phenoxy) is 1. The van der Waals surface area contributed by atoms with Gasteiger partial charge < -0.3 is 10.5 Å². The topological polar surface area (TPSA) is 35.2 Å². The van der Waals surface area contributed by atoms with Crippen molar-refractivity contribution in [3.63, 3.8) is 0 Å². The van der Waals surface area contributed by atoms with Crippen LogP contribution in [0.4, 0.5) is 0 Å². The summed E-state index contributed by atoms with van der Waals surface area (Å²) in [6.45, 7) is 9.09. The number of aryl methyl sites for hydroxylation is 3. The molecular weight excluding hydrogens is 246 g/mol. The van der Waals surface area contributed by atoms with Gasteiger partial charge in [0.15, 0.2) is 0 Å². The zero-order valence-electron chi connectivity index (χ0n) is 12.8. The fourth-order valence-electron chi connectivity index (χ4n) is 2.40. The molecule has 2 N–H and O–H groups in total. The molecule has 0 saturated heterocycles. The molecule has 2 aromatic rings. The van der Waals surface area contributed by atoms with Gasteiger partial charge in [-0.2, -0.15) is 0 Å². The fraction of sp³-hybridized carbons (Fsp3) is 0.333. The van der Waals surface area contributed by atoms with Gasteiger partial charge in [0.1, 0.15) is 11.5 Å². The van der Waals surface area contributed by atoms with Gasteiger partial charge in [-0.1, -0.05) is 12.1 Å². The molecule has 2 aromatic carbocycles. The molecule has 0 amide bonds. The molecule has 0 aliphatic heterocycles. The molecule has 106 valence electrons. The lowest BCUT2D eigenvalue weighted by molar-refractivity contribution is 0.477. The SMILES string of the molecule is Cc1cc(C)c(C)c(Oc2ccc(CCN)c(C)c2)c1. The van der Waals surface area contributed by atoms with Gasteiger partial charge in [0, 0.05) is 0 Å². The van der Waals surface area contributed by atoms with Crippen molar-refractivity contribution in [1.29, 1.82) is 0 Å². The Kier molecular flexibility index (Phi) is 4.46. The van der Waals surface area contributed by atoms with Crippen LogP contribution in [0.15, 0.2) is 30.3 Å². The Bertz CT molecular complexity index is 617. The highest BCUT2D eigenvalue weighted by molar-refractivity contribution is 5.45. The number of nitrogens with two attached hydrogens (primary N) is 1. The number of hydrogen-bond acceptors (Lipinski definition) is 2. The van der Waals surface area contributed by atoms with Crippen molar-refractivity contribution >= 4 is 0 Å². The molecule has 0 unspecified atom stereocenters. The maximum absolute atomic E-state index is 6.05. The van der Waals surface area contributed by atoms with Crippen LogP contribution in [-0.2, 0) is 6.42 Å². The van der Waals surface area contributed by atoms with Gasteiger partial charge in [0.05, 0.1) is 0 Å². The molecule has 20 heavy (non-hydrogen) atoms. The molecular formula is C18H23NO. The van der Waals surface area contributed by atoms with Crippen LogP contribution in [0.2, 0.25) is 0 Å². The lowest BCUT2D eigenvalue weighted by atomic mass is 10.0. The van der Waals surface area contributed by atoms with Gasteiger partial charge in [-0.3, -0.25) is 0 Å². The highest BCUT2D eigenvalue weighted by Gasteiger charge is 2.06. The van der Waals surface area contributed by atoms with E-state index in [1.54, 1.807) is 0 Å². The molecule has 0 aliphatic carbocycles. The summed E-state index contributed by atoms with van der Waals surface area (Å²) in [4.78, 5) is 0. The Labute approximate surface area is 121 Å². The van der Waals surface area contributed by atoms with Crippen LogP contribution in [0.3, 0.4) is 0 Å². The number of benzene rings is 2. The summed E-state index contributed by atoms with van der Waals surface area (Å²) in [5.41, 5.74) is 11.8. The van der Waals surface area contributed by atoms with Gasteiger partial charge in [-0.15, -0.1) is 0 Å². The van der Waals surface area contributed by atoms with E-state index in [2.05, 4.69) is 52.0 Å². The first-order valence-electron chi connectivity index (χ1n) is 7.06. The van der Waals surface area contributed by atoms with E-state index in [1.165, 1.54) is 27.8 Å². The molecule has 0 bridgehead atoms. The minimum absolute atomic E-state index is 0.678. The van der Waals surface area contributed by atoms with E-state index in [0.717, 1.165) is 17.9 Å². The largest absolute Gasteiger partial charge is 0.457 e. The predicted octanol–water partition coefficient (Wildman–Crippen LogP) is 4.21. The first-order valence-corrected chi connectivity index (χ1v) is 7.06. The Morgan fingerprint density at radius 3 is 2.35 bits per heavy atom. The third-order valence-electron chi connectivity index (χ3n) is 3.72. The van der Waals surface area contributed by atoms with Crippen LogP contribution in [0, 0.1) is 27.7 Å². The Morgan fingerprint density at radius 1 is 0.950 bits per heavy atom. The van der Waals surface area contributed by atoms with Crippen molar-refractivity contribution in [2.45, 2.75) is 34.1 Å². The number of hydrogen-bond donors (Lipinski definition) is 1. The van der Waals surface area contributed by atoms with E-state index < -0.39 is 0 Å². The predicted molar refractivity (Wildman–Crippen MR) is 84.7 cm³/mol. The molecule has 0 radical (unpaired) electrons. The van der Waals surface area contributed by atoms with Crippen LogP contribution < -0.4 is 10.5 Å². The summed E-state index contributed by atoms with van der Waals surface area (Å²) in [6.07, 6.45) is 0.911. The molecule has 0 saturated carbocycles. The molecule has 2 nitrogen and oxygen atoms in total. The Hall–Kier alpha value is -1.80. The monoisotopic (exact) mass is 269 g/mol. The van der Waals surface area contributed by atoms with Gasteiger partial charge in [-0.25, -0.2) is 0 Å². The summed E-state index contributed by atoms with van der Waals surface area (Å²) in [6, 6.07) is 10.5. The molecule has 0 fully saturated rings. The fourth-order valence-corrected chi connectivity index (χ4v) is 2.40. The van der Waals surface area contributed by atoms with E-state index in [0.29, 0.717) is 6.54 Å². The van der Waals surface area contributed by atoms with Crippen LogP contribution in [0.5, 0.6) is 11.5 Å². The minimum atomic E-state index is 0.678. The third-order valence-corrected chi connectivity index (χ3v) is 3.72. The van der Waals surface area contributed by atoms with Crippen molar-refractivity contribution in [3.05, 3.63) is 58.1 Å². The standard InChI is InChI=1S/C18H23NO/c1-12-9-13(2)15(4)18(10-12)20-17-6-5-16(7-8-19)14(3)11-17/h5-6,9-11H,7-8,19H2,1-4H3. The van der Waals surface area contributed by atoms with Crippen molar-refractivity contribution < 1.29 is 4.74 Å². The molecule has 2 rings (SSSR count). The highest BCUT2D eigenvalue weighted by Crippen LogP contribution is 2.29. The summed E-state index contributed by atoms with van der Waals surface area (Å²) >= 11 is 0. The second-order valence-electron chi connectivity index (χ2n) is 5.43. The first-order chi connectivity index (χ1) is 9.51. The van der Waals surface area contributed by atoms with Crippen molar-refractivity contribution in [3.8, 4) is 11.5 Å². The second-order valence-corrected chi connectivity index (χ2v) is 5.43. The Balaban J connectivity index is 2.29. The smallest absolute Gasteiger partial charge is 0.130 e. The molecule has 0 spiro atoms. The lowest BCUT2D eigenvalue weighted by Crippen LogP contribution is -2.04. The molecule has 0 aliphatic rings. The van der Waals surface area contributed by atoms with E-state index in [4.69, 9.17) is 10.5 Å². The van der Waals surface area contributed by atoms with Crippen LogP contribution in [0.25, 0.3) is 0 Å². The van der Waals surface area contributed by atoms with Crippen molar-refractivity contribution in [1.82, 2.24) is 0 Å². The molecule has 0 aromatic heterocycles. The first kappa shape index (κ1) is 14.6. The van der Waals surface area contributed by atoms with Crippen LogP contribution >= 0.6 is 0 Å². The van der Waals surface area contributed by atoms with Crippen molar-refractivity contribution in [2.75, 3.05) is 6.54 Å². The second kappa shape index (κ2) is 6.10. The van der Waals surface area contributed by atoms with Gasteiger partial charge in [-0.05, 0) is 86.7 Å². The lowest BCUT2D eigenvalue weighted by Gasteiger charge is -2.13. The third kappa shape index (κ3) is 3.20. The zero-order chi connectivity index (χ0) is 14.7. The van der Waals surface area contributed by atoms with Gasteiger partial charge in [0.25, 0.3) is 0 Å². The number of rotatable bonds is 4. The van der Waals surface area contributed by atoms with E-state index >= 15 is 0 Å². The van der Waals surface area contributed by atoms with Crippen LogP contribution in [-0.4, -0.2) is 6.54 Å². The van der Waals surface area contributed by atoms with Crippen molar-refractivity contribution in [2.24, 2.45) is 5.73 Å². The molecule has 0 heterocycles. The summed E-state index contributed by atoms with van der Waals surface area (Å²) in [7, 11) is 0. The van der Waals surface area contributed by atoms with E-state index in [1.807, 2.05) is 6.07 Å².